The Labute approximate surface area is 122 Å². The average molecular weight is 293 g/mol. The molecule has 1 N–H and O–H groups in total. The molecule has 112 valence electrons. The van der Waals surface area contributed by atoms with Crippen LogP contribution in [0, 0.1) is 24.4 Å². The van der Waals surface area contributed by atoms with Crippen molar-refractivity contribution >= 4 is 0 Å². The van der Waals surface area contributed by atoms with E-state index in [0.29, 0.717) is 6.54 Å². The fourth-order valence-electron chi connectivity index (χ4n) is 2.22. The zero-order valence-electron chi connectivity index (χ0n) is 12.1. The van der Waals surface area contributed by atoms with Crippen LogP contribution in [0.4, 0.5) is 13.2 Å². The van der Waals surface area contributed by atoms with Gasteiger partial charge in [-0.1, -0.05) is 12.1 Å². The van der Waals surface area contributed by atoms with Gasteiger partial charge in [-0.3, -0.25) is 0 Å². The molecule has 0 aliphatic heterocycles. The lowest BCUT2D eigenvalue weighted by Gasteiger charge is -2.16. The summed E-state index contributed by atoms with van der Waals surface area (Å²) in [4.78, 5) is 0. The maximum Gasteiger partial charge on any atom is 0.129 e. The van der Waals surface area contributed by atoms with E-state index in [1.165, 1.54) is 30.3 Å². The normalized spacial score (nSPS) is 12.4. The molecule has 0 saturated carbocycles. The first-order valence-corrected chi connectivity index (χ1v) is 6.88. The van der Waals surface area contributed by atoms with Crippen molar-refractivity contribution in [2.45, 2.75) is 32.9 Å². The van der Waals surface area contributed by atoms with E-state index in [4.69, 9.17) is 0 Å². The molecule has 2 aromatic carbocycles. The summed E-state index contributed by atoms with van der Waals surface area (Å²) in [6.45, 7) is 4.21. The second-order valence-corrected chi connectivity index (χ2v) is 5.26. The molecule has 0 aliphatic rings. The fraction of sp³-hybridized carbons (Fsp3) is 0.294. The Morgan fingerprint density at radius 1 is 1.05 bits per heavy atom. The Bertz CT molecular complexity index is 605. The second-order valence-electron chi connectivity index (χ2n) is 5.26. The molecule has 0 bridgehead atoms. The molecule has 0 saturated heterocycles. The van der Waals surface area contributed by atoms with E-state index in [1.807, 2.05) is 13.8 Å². The van der Waals surface area contributed by atoms with Crippen molar-refractivity contribution in [1.82, 2.24) is 5.32 Å². The van der Waals surface area contributed by atoms with Gasteiger partial charge in [0.1, 0.15) is 17.5 Å². The van der Waals surface area contributed by atoms with Gasteiger partial charge in [0.05, 0.1) is 0 Å². The first-order chi connectivity index (χ1) is 9.97. The molecule has 0 aliphatic carbocycles. The molecule has 0 spiro atoms. The summed E-state index contributed by atoms with van der Waals surface area (Å²) < 4.78 is 40.3. The molecule has 1 atom stereocenters. The smallest absolute Gasteiger partial charge is 0.129 e. The summed E-state index contributed by atoms with van der Waals surface area (Å²) in [7, 11) is 0. The van der Waals surface area contributed by atoms with Gasteiger partial charge in [0, 0.05) is 18.2 Å². The minimum absolute atomic E-state index is 0.0773. The van der Waals surface area contributed by atoms with Gasteiger partial charge in [-0.15, -0.1) is 0 Å². The highest BCUT2D eigenvalue weighted by molar-refractivity contribution is 5.26. The molecule has 4 heteroatoms. The number of rotatable bonds is 5. The van der Waals surface area contributed by atoms with Crippen LogP contribution in [0.1, 0.15) is 23.6 Å². The molecule has 2 rings (SSSR count). The van der Waals surface area contributed by atoms with Crippen LogP contribution in [0.2, 0.25) is 0 Å². The van der Waals surface area contributed by atoms with Crippen LogP contribution >= 0.6 is 0 Å². The van der Waals surface area contributed by atoms with E-state index in [9.17, 15) is 13.2 Å². The largest absolute Gasteiger partial charge is 0.310 e. The molecule has 2 aromatic rings. The van der Waals surface area contributed by atoms with Crippen LogP contribution in [0.3, 0.4) is 0 Å². The lowest BCUT2D eigenvalue weighted by molar-refractivity contribution is 0.498. The summed E-state index contributed by atoms with van der Waals surface area (Å²) in [5.74, 6) is -1.36. The van der Waals surface area contributed by atoms with E-state index in [1.54, 1.807) is 6.07 Å². The lowest BCUT2D eigenvalue weighted by atomic mass is 10.0. The Morgan fingerprint density at radius 3 is 2.38 bits per heavy atom. The molecular weight excluding hydrogens is 275 g/mol. The Kier molecular flexibility index (Phi) is 5.02. The van der Waals surface area contributed by atoms with Gasteiger partial charge in [0.2, 0.25) is 0 Å². The third-order valence-corrected chi connectivity index (χ3v) is 3.52. The predicted molar refractivity (Wildman–Crippen MR) is 77.5 cm³/mol. The van der Waals surface area contributed by atoms with Crippen LogP contribution < -0.4 is 5.32 Å². The van der Waals surface area contributed by atoms with Crippen molar-refractivity contribution in [3.8, 4) is 0 Å². The molecule has 1 unspecified atom stereocenters. The third kappa shape index (κ3) is 4.08. The van der Waals surface area contributed by atoms with Gasteiger partial charge < -0.3 is 5.32 Å². The lowest BCUT2D eigenvalue weighted by Crippen LogP contribution is -2.28. The minimum atomic E-state index is -0.536. The van der Waals surface area contributed by atoms with Gasteiger partial charge >= 0.3 is 0 Å². The van der Waals surface area contributed by atoms with Crippen LogP contribution in [0.5, 0.6) is 0 Å². The first-order valence-electron chi connectivity index (χ1n) is 6.88. The Hall–Kier alpha value is -1.81. The molecule has 0 radical (unpaired) electrons. The standard InChI is InChI=1S/C17H18F3N/c1-11-6-7-14(18)9-13(11)10-21-12(2)8-15-16(19)4-3-5-17(15)20/h3-7,9,12,21H,8,10H2,1-2H3. The first kappa shape index (κ1) is 15.6. The van der Waals surface area contributed by atoms with Gasteiger partial charge in [-0.2, -0.15) is 0 Å². The van der Waals surface area contributed by atoms with Crippen LogP contribution in [0.25, 0.3) is 0 Å². The van der Waals surface area contributed by atoms with Crippen molar-refractivity contribution in [3.05, 3.63) is 70.5 Å². The molecule has 21 heavy (non-hydrogen) atoms. The van der Waals surface area contributed by atoms with Crippen molar-refractivity contribution in [2.24, 2.45) is 0 Å². The maximum absolute atomic E-state index is 13.6. The van der Waals surface area contributed by atoms with E-state index in [-0.39, 0.29) is 23.8 Å². The minimum Gasteiger partial charge on any atom is -0.310 e. The number of benzene rings is 2. The van der Waals surface area contributed by atoms with E-state index >= 15 is 0 Å². The molecule has 0 heterocycles. The number of halogens is 3. The second kappa shape index (κ2) is 6.76. The fourth-order valence-corrected chi connectivity index (χ4v) is 2.22. The number of nitrogens with one attached hydrogen (secondary N) is 1. The highest BCUT2D eigenvalue weighted by atomic mass is 19.1. The van der Waals surface area contributed by atoms with Gasteiger partial charge in [0.15, 0.2) is 0 Å². The SMILES string of the molecule is Cc1ccc(F)cc1CNC(C)Cc1c(F)cccc1F. The van der Waals surface area contributed by atoms with E-state index in [2.05, 4.69) is 5.32 Å². The van der Waals surface area contributed by atoms with Gasteiger partial charge in [-0.05, 0) is 55.7 Å². The van der Waals surface area contributed by atoms with Gasteiger partial charge in [-0.25, -0.2) is 13.2 Å². The highest BCUT2D eigenvalue weighted by Crippen LogP contribution is 2.15. The van der Waals surface area contributed by atoms with Crippen molar-refractivity contribution in [3.63, 3.8) is 0 Å². The summed E-state index contributed by atoms with van der Waals surface area (Å²) in [6.07, 6.45) is 0.243. The molecule has 1 nitrogen and oxygen atoms in total. The quantitative estimate of drug-likeness (QED) is 0.874. The van der Waals surface area contributed by atoms with Crippen molar-refractivity contribution in [2.75, 3.05) is 0 Å². The van der Waals surface area contributed by atoms with Crippen LogP contribution in [-0.4, -0.2) is 6.04 Å². The summed E-state index contributed by atoms with van der Waals surface area (Å²) in [5.41, 5.74) is 1.90. The summed E-state index contributed by atoms with van der Waals surface area (Å²) in [5, 5.41) is 3.17. The molecule has 0 aromatic heterocycles. The van der Waals surface area contributed by atoms with Crippen molar-refractivity contribution < 1.29 is 13.2 Å². The van der Waals surface area contributed by atoms with E-state index < -0.39 is 11.6 Å². The zero-order valence-corrected chi connectivity index (χ0v) is 12.1. The average Bonchev–Trinajstić information content (AvgIpc) is 2.44. The topological polar surface area (TPSA) is 12.0 Å². The van der Waals surface area contributed by atoms with Crippen LogP contribution in [0.15, 0.2) is 36.4 Å². The monoisotopic (exact) mass is 293 g/mol. The van der Waals surface area contributed by atoms with Crippen molar-refractivity contribution in [1.29, 1.82) is 0 Å². The highest BCUT2D eigenvalue weighted by Gasteiger charge is 2.12. The Morgan fingerprint density at radius 2 is 1.71 bits per heavy atom. The predicted octanol–water partition coefficient (Wildman–Crippen LogP) is 4.13. The molecular formula is C17H18F3N. The Balaban J connectivity index is 1.99. The number of aryl methyl sites for hydroxylation is 1. The van der Waals surface area contributed by atoms with Crippen LogP contribution in [-0.2, 0) is 13.0 Å². The van der Waals surface area contributed by atoms with Gasteiger partial charge in [0.25, 0.3) is 0 Å². The summed E-state index contributed by atoms with van der Waals surface area (Å²) >= 11 is 0. The summed E-state index contributed by atoms with van der Waals surface area (Å²) in [6, 6.07) is 8.33. The maximum atomic E-state index is 13.6. The zero-order chi connectivity index (χ0) is 15.4. The molecule has 0 fully saturated rings. The van der Waals surface area contributed by atoms with E-state index in [0.717, 1.165) is 11.1 Å². The number of hydrogen-bond donors (Lipinski definition) is 1. The number of hydrogen-bond acceptors (Lipinski definition) is 1. The molecule has 0 amide bonds. The third-order valence-electron chi connectivity index (χ3n) is 3.52.